The topological polar surface area (TPSA) is 72.5 Å². The minimum atomic E-state index is -0.760. The Morgan fingerprint density at radius 2 is 2.03 bits per heavy atom. The number of benzene rings is 1. The number of likely N-dealkylation sites (tertiary alicyclic amines) is 1. The van der Waals surface area contributed by atoms with Crippen LogP contribution in [-0.4, -0.2) is 69.8 Å². The Morgan fingerprint density at radius 3 is 2.69 bits per heavy atom. The minimum absolute atomic E-state index is 0.0273. The Balaban J connectivity index is 1.31. The summed E-state index contributed by atoms with van der Waals surface area (Å²) < 4.78 is 14.2. The standard InChI is InChI=1S/C29H41FN4O2/c1-18(2)26(28(35)36)33(4)23-15-21(25(16-23)20-6-5-7-22(30)14-20)17-34-12-10-29(11-13-34)9-8-24-19(3)31-32-27(24)29/h5-7,14,18,21,23,25-26H,8-13,15-17H2,1-4H3,(H,31,32)(H,35,36)/t21-,23+,25-,26-/m1/s1. The minimum Gasteiger partial charge on any atom is -0.480 e. The van der Waals surface area contributed by atoms with Crippen molar-refractivity contribution in [3.8, 4) is 0 Å². The van der Waals surface area contributed by atoms with Crippen molar-refractivity contribution in [2.75, 3.05) is 26.7 Å². The molecule has 1 aliphatic heterocycles. The lowest BCUT2D eigenvalue weighted by Gasteiger charge is -2.40. The van der Waals surface area contributed by atoms with Crippen molar-refractivity contribution < 1.29 is 14.3 Å². The summed E-state index contributed by atoms with van der Waals surface area (Å²) in [6.07, 6.45) is 6.44. The van der Waals surface area contributed by atoms with Gasteiger partial charge in [0.1, 0.15) is 11.9 Å². The number of nitrogens with one attached hydrogen (secondary N) is 1. The van der Waals surface area contributed by atoms with E-state index in [1.165, 1.54) is 29.4 Å². The molecule has 2 N–H and O–H groups in total. The average Bonchev–Trinajstić information content (AvgIpc) is 3.51. The van der Waals surface area contributed by atoms with Gasteiger partial charge in [0, 0.05) is 23.7 Å². The van der Waals surface area contributed by atoms with E-state index in [1.807, 2.05) is 27.0 Å². The van der Waals surface area contributed by atoms with E-state index in [0.717, 1.165) is 57.3 Å². The highest BCUT2D eigenvalue weighted by molar-refractivity contribution is 5.73. The molecule has 36 heavy (non-hydrogen) atoms. The number of carboxylic acids is 1. The molecule has 0 bridgehead atoms. The molecule has 7 heteroatoms. The third-order valence-corrected chi connectivity index (χ3v) is 9.58. The number of hydrogen-bond acceptors (Lipinski definition) is 4. The first kappa shape index (κ1) is 25.4. The Morgan fingerprint density at radius 1 is 1.28 bits per heavy atom. The highest BCUT2D eigenvalue weighted by Gasteiger charge is 2.46. The maximum Gasteiger partial charge on any atom is 0.321 e. The van der Waals surface area contributed by atoms with Crippen molar-refractivity contribution in [3.63, 3.8) is 0 Å². The Hall–Kier alpha value is -2.25. The molecule has 6 nitrogen and oxygen atoms in total. The molecule has 0 unspecified atom stereocenters. The summed E-state index contributed by atoms with van der Waals surface area (Å²) in [6.45, 7) is 9.18. The molecule has 196 valence electrons. The predicted octanol–water partition coefficient (Wildman–Crippen LogP) is 4.74. The third-order valence-electron chi connectivity index (χ3n) is 9.58. The van der Waals surface area contributed by atoms with Crippen molar-refractivity contribution in [3.05, 3.63) is 52.6 Å². The Kier molecular flexibility index (Phi) is 6.98. The van der Waals surface area contributed by atoms with Gasteiger partial charge >= 0.3 is 5.97 Å². The normalized spacial score (nSPS) is 26.7. The summed E-state index contributed by atoms with van der Waals surface area (Å²) in [7, 11) is 1.96. The highest BCUT2D eigenvalue weighted by Crippen LogP contribution is 2.47. The van der Waals surface area contributed by atoms with Gasteiger partial charge in [-0.05, 0) is 107 Å². The molecule has 1 spiro atoms. The highest BCUT2D eigenvalue weighted by atomic mass is 19.1. The van der Waals surface area contributed by atoms with Crippen LogP contribution in [0.4, 0.5) is 4.39 Å². The number of carboxylic acid groups (broad SMARTS) is 1. The lowest BCUT2D eigenvalue weighted by Crippen LogP contribution is -2.47. The number of hydrogen-bond donors (Lipinski definition) is 2. The fourth-order valence-electron chi connectivity index (χ4n) is 7.59. The molecule has 1 aromatic carbocycles. The van der Waals surface area contributed by atoms with Crippen molar-refractivity contribution in [2.24, 2.45) is 11.8 Å². The van der Waals surface area contributed by atoms with E-state index in [2.05, 4.69) is 21.8 Å². The molecule has 0 amide bonds. The van der Waals surface area contributed by atoms with E-state index in [9.17, 15) is 14.3 Å². The first-order valence-corrected chi connectivity index (χ1v) is 13.7. The number of H-pyrrole nitrogens is 1. The lowest BCUT2D eigenvalue weighted by atomic mass is 9.76. The number of aryl methyl sites for hydroxylation is 1. The van der Waals surface area contributed by atoms with E-state index in [-0.39, 0.29) is 29.1 Å². The van der Waals surface area contributed by atoms with Gasteiger partial charge in [0.25, 0.3) is 0 Å². The predicted molar refractivity (Wildman–Crippen MR) is 139 cm³/mol. The van der Waals surface area contributed by atoms with Gasteiger partial charge in [0.15, 0.2) is 0 Å². The number of carbonyl (C=O) groups is 1. The van der Waals surface area contributed by atoms with Gasteiger partial charge in [-0.25, -0.2) is 4.39 Å². The molecule has 3 aliphatic rings. The summed E-state index contributed by atoms with van der Waals surface area (Å²) in [5.41, 5.74) is 5.25. The number of fused-ring (bicyclic) bond motifs is 2. The molecule has 5 rings (SSSR count). The molecule has 2 heterocycles. The van der Waals surface area contributed by atoms with Gasteiger partial charge in [0.2, 0.25) is 0 Å². The lowest BCUT2D eigenvalue weighted by molar-refractivity contribution is -0.145. The maximum absolute atomic E-state index is 14.2. The molecule has 1 saturated carbocycles. The van der Waals surface area contributed by atoms with E-state index in [1.54, 1.807) is 12.1 Å². The van der Waals surface area contributed by atoms with E-state index in [0.29, 0.717) is 5.92 Å². The van der Waals surface area contributed by atoms with Gasteiger partial charge in [0.05, 0.1) is 5.69 Å². The van der Waals surface area contributed by atoms with E-state index in [4.69, 9.17) is 5.10 Å². The first-order chi connectivity index (χ1) is 17.2. The number of piperidine rings is 1. The largest absolute Gasteiger partial charge is 0.480 e. The number of halogens is 1. The monoisotopic (exact) mass is 496 g/mol. The van der Waals surface area contributed by atoms with Gasteiger partial charge in [-0.3, -0.25) is 14.8 Å². The van der Waals surface area contributed by atoms with Gasteiger partial charge in [-0.15, -0.1) is 0 Å². The van der Waals surface area contributed by atoms with Crippen LogP contribution in [0.1, 0.15) is 74.4 Å². The molecule has 2 aromatic rings. The summed E-state index contributed by atoms with van der Waals surface area (Å²) in [5.74, 6) is -0.317. The van der Waals surface area contributed by atoms with E-state index < -0.39 is 12.0 Å². The van der Waals surface area contributed by atoms with Gasteiger partial charge in [-0.2, -0.15) is 5.10 Å². The summed E-state index contributed by atoms with van der Waals surface area (Å²) >= 11 is 0. The molecule has 1 aromatic heterocycles. The number of rotatable bonds is 7. The Bertz CT molecular complexity index is 1090. The number of likely N-dealkylation sites (N-methyl/N-ethyl adjacent to an activating group) is 1. The molecule has 0 radical (unpaired) electrons. The molecule has 2 fully saturated rings. The van der Waals surface area contributed by atoms with Crippen LogP contribution in [0.15, 0.2) is 24.3 Å². The maximum atomic E-state index is 14.2. The number of aliphatic carboxylic acids is 1. The van der Waals surface area contributed by atoms with Crippen LogP contribution >= 0.6 is 0 Å². The summed E-state index contributed by atoms with van der Waals surface area (Å²) in [5, 5.41) is 17.8. The fraction of sp³-hybridized carbons (Fsp3) is 0.655. The zero-order valence-electron chi connectivity index (χ0n) is 22.1. The second kappa shape index (κ2) is 9.90. The molecular formula is C29H41FN4O2. The van der Waals surface area contributed by atoms with Crippen molar-refractivity contribution in [2.45, 2.75) is 82.7 Å². The molecule has 1 saturated heterocycles. The van der Waals surface area contributed by atoms with Gasteiger partial charge in [-0.1, -0.05) is 26.0 Å². The second-order valence-electron chi connectivity index (χ2n) is 12.0. The fourth-order valence-corrected chi connectivity index (χ4v) is 7.59. The van der Waals surface area contributed by atoms with Crippen LogP contribution in [0.3, 0.4) is 0 Å². The smallest absolute Gasteiger partial charge is 0.321 e. The number of aromatic amines is 1. The van der Waals surface area contributed by atoms with Crippen molar-refractivity contribution in [1.82, 2.24) is 20.0 Å². The zero-order valence-corrected chi connectivity index (χ0v) is 22.1. The van der Waals surface area contributed by atoms with Crippen molar-refractivity contribution in [1.29, 1.82) is 0 Å². The summed E-state index contributed by atoms with van der Waals surface area (Å²) in [6, 6.07) is 6.71. The second-order valence-corrected chi connectivity index (χ2v) is 12.0. The molecular weight excluding hydrogens is 455 g/mol. The van der Waals surface area contributed by atoms with Crippen molar-refractivity contribution >= 4 is 5.97 Å². The average molecular weight is 497 g/mol. The van der Waals surface area contributed by atoms with Crippen LogP contribution in [0.2, 0.25) is 0 Å². The molecule has 2 aliphatic carbocycles. The van der Waals surface area contributed by atoms with Gasteiger partial charge < -0.3 is 10.0 Å². The SMILES string of the molecule is Cc1[nH]nc2c1CCC21CCN(C[C@H]2C[C@H](N(C)[C@@H](C(=O)O)C(C)C)C[C@@H]2c2cccc(F)c2)CC1. The van der Waals surface area contributed by atoms with Crippen LogP contribution in [0, 0.1) is 24.6 Å². The third kappa shape index (κ3) is 4.60. The Labute approximate surface area is 214 Å². The van der Waals surface area contributed by atoms with Crippen LogP contribution in [-0.2, 0) is 16.6 Å². The van der Waals surface area contributed by atoms with Crippen LogP contribution < -0.4 is 0 Å². The van der Waals surface area contributed by atoms with Crippen LogP contribution in [0.5, 0.6) is 0 Å². The zero-order chi connectivity index (χ0) is 25.6. The quantitative estimate of drug-likeness (QED) is 0.579. The van der Waals surface area contributed by atoms with E-state index >= 15 is 0 Å². The molecule has 4 atom stereocenters. The van der Waals surface area contributed by atoms with Crippen LogP contribution in [0.25, 0.3) is 0 Å². The first-order valence-electron chi connectivity index (χ1n) is 13.7. The number of nitrogens with zero attached hydrogens (tertiary/aromatic N) is 3. The summed E-state index contributed by atoms with van der Waals surface area (Å²) in [4.78, 5) is 16.7. The number of aromatic nitrogens is 2.